The number of fused-ring (bicyclic) bond motifs is 1. The van der Waals surface area contributed by atoms with Crippen molar-refractivity contribution in [2.75, 3.05) is 0 Å². The molecule has 0 fully saturated rings. The van der Waals surface area contributed by atoms with Crippen molar-refractivity contribution in [2.45, 2.75) is 44.4 Å². The van der Waals surface area contributed by atoms with Crippen LogP contribution in [0, 0.1) is 5.82 Å². The normalized spacial score (nSPS) is 17.2. The molecular weight excluding hydrogens is 338 g/mol. The number of benzene rings is 1. The summed E-state index contributed by atoms with van der Waals surface area (Å²) in [5.41, 5.74) is 1.76. The first-order valence-electron chi connectivity index (χ1n) is 7.97. The lowest BCUT2D eigenvalue weighted by Crippen LogP contribution is -2.32. The number of nitrogens with one attached hydrogen (secondary N) is 1. The third-order valence-corrected chi connectivity index (χ3v) is 4.07. The van der Waals surface area contributed by atoms with Gasteiger partial charge in [0.25, 0.3) is 0 Å². The van der Waals surface area contributed by atoms with Gasteiger partial charge < -0.3 is 5.32 Å². The zero-order valence-electron chi connectivity index (χ0n) is 13.3. The van der Waals surface area contributed by atoms with Crippen LogP contribution in [0.4, 0.5) is 17.6 Å². The van der Waals surface area contributed by atoms with Gasteiger partial charge in [-0.05, 0) is 42.5 Å². The Hall–Kier alpha value is -2.38. The van der Waals surface area contributed by atoms with Gasteiger partial charge in [-0.2, -0.15) is 18.3 Å². The molecule has 0 saturated heterocycles. The van der Waals surface area contributed by atoms with Gasteiger partial charge in [-0.25, -0.2) is 4.39 Å². The Morgan fingerprint density at radius 2 is 2.16 bits per heavy atom. The average Bonchev–Trinajstić information content (AvgIpc) is 2.88. The highest BCUT2D eigenvalue weighted by molar-refractivity contribution is 5.79. The highest BCUT2D eigenvalue weighted by Crippen LogP contribution is 2.29. The molecule has 0 saturated carbocycles. The zero-order chi connectivity index (χ0) is 18.0. The lowest BCUT2D eigenvalue weighted by molar-refractivity contribution is -0.142. The Balaban J connectivity index is 1.69. The van der Waals surface area contributed by atoms with Crippen molar-refractivity contribution in [3.63, 3.8) is 0 Å². The van der Waals surface area contributed by atoms with Gasteiger partial charge in [0.1, 0.15) is 12.4 Å². The first kappa shape index (κ1) is 17.4. The Bertz CT molecular complexity index is 769. The molecular formula is C17H17F4N3O. The van der Waals surface area contributed by atoms with E-state index in [1.54, 1.807) is 6.07 Å². The number of aryl methyl sites for hydroxylation is 1. The second kappa shape index (κ2) is 6.85. The number of amides is 1. The van der Waals surface area contributed by atoms with E-state index in [1.807, 2.05) is 0 Å². The molecule has 0 spiro atoms. The fraction of sp³-hybridized carbons (Fsp3) is 0.412. The SMILES string of the molecule is O=C(Cc1cccc(F)c1)NC1CCCc2cn(CC(F)(F)F)nc21. The summed E-state index contributed by atoms with van der Waals surface area (Å²) in [4.78, 5) is 12.2. The second-order valence-electron chi connectivity index (χ2n) is 6.17. The summed E-state index contributed by atoms with van der Waals surface area (Å²) < 4.78 is 51.6. The molecule has 3 rings (SSSR count). The maximum Gasteiger partial charge on any atom is 0.408 e. The maximum absolute atomic E-state index is 13.2. The fourth-order valence-corrected chi connectivity index (χ4v) is 3.08. The monoisotopic (exact) mass is 355 g/mol. The third kappa shape index (κ3) is 4.58. The maximum atomic E-state index is 13.2. The minimum absolute atomic E-state index is 0.00680. The molecule has 1 aromatic heterocycles. The van der Waals surface area contributed by atoms with Crippen LogP contribution in [0.2, 0.25) is 0 Å². The van der Waals surface area contributed by atoms with E-state index in [9.17, 15) is 22.4 Å². The van der Waals surface area contributed by atoms with Crippen LogP contribution >= 0.6 is 0 Å². The van der Waals surface area contributed by atoms with E-state index < -0.39 is 24.6 Å². The van der Waals surface area contributed by atoms with Gasteiger partial charge in [0.05, 0.1) is 18.2 Å². The largest absolute Gasteiger partial charge is 0.408 e. The number of aromatic nitrogens is 2. The van der Waals surface area contributed by atoms with Crippen LogP contribution < -0.4 is 5.32 Å². The van der Waals surface area contributed by atoms with Gasteiger partial charge in [0, 0.05) is 6.20 Å². The van der Waals surface area contributed by atoms with Crippen molar-refractivity contribution in [1.29, 1.82) is 0 Å². The fourth-order valence-electron chi connectivity index (χ4n) is 3.08. The van der Waals surface area contributed by atoms with E-state index in [0.29, 0.717) is 24.1 Å². The Morgan fingerprint density at radius 1 is 1.36 bits per heavy atom. The van der Waals surface area contributed by atoms with Crippen LogP contribution in [0.1, 0.15) is 35.7 Å². The molecule has 8 heteroatoms. The van der Waals surface area contributed by atoms with Crippen molar-refractivity contribution < 1.29 is 22.4 Å². The minimum atomic E-state index is -4.34. The standard InChI is InChI=1S/C17H17F4N3O/c18-13-5-1-3-11(7-13)8-15(25)22-14-6-2-4-12-9-24(23-16(12)14)10-17(19,20)21/h1,3,5,7,9,14H,2,4,6,8,10H2,(H,22,25). The van der Waals surface area contributed by atoms with Crippen molar-refractivity contribution in [2.24, 2.45) is 0 Å². The summed E-state index contributed by atoms with van der Waals surface area (Å²) in [7, 11) is 0. The summed E-state index contributed by atoms with van der Waals surface area (Å²) in [5.74, 6) is -0.732. The van der Waals surface area contributed by atoms with Crippen molar-refractivity contribution in [3.8, 4) is 0 Å². The van der Waals surface area contributed by atoms with E-state index in [0.717, 1.165) is 16.7 Å². The van der Waals surface area contributed by atoms with E-state index in [1.165, 1.54) is 24.4 Å². The second-order valence-corrected chi connectivity index (χ2v) is 6.17. The molecule has 1 aliphatic rings. The van der Waals surface area contributed by atoms with Crippen LogP contribution in [0.25, 0.3) is 0 Å². The van der Waals surface area contributed by atoms with E-state index in [2.05, 4.69) is 10.4 Å². The average molecular weight is 355 g/mol. The van der Waals surface area contributed by atoms with Crippen LogP contribution in [-0.4, -0.2) is 21.9 Å². The third-order valence-electron chi connectivity index (χ3n) is 4.07. The zero-order valence-corrected chi connectivity index (χ0v) is 13.3. The van der Waals surface area contributed by atoms with Crippen LogP contribution in [0.5, 0.6) is 0 Å². The molecule has 1 aromatic carbocycles. The Kier molecular flexibility index (Phi) is 4.78. The summed E-state index contributed by atoms with van der Waals surface area (Å²) in [5, 5.41) is 6.81. The minimum Gasteiger partial charge on any atom is -0.347 e. The van der Waals surface area contributed by atoms with E-state index in [-0.39, 0.29) is 12.3 Å². The Morgan fingerprint density at radius 3 is 2.88 bits per heavy atom. The molecule has 1 unspecified atom stereocenters. The highest BCUT2D eigenvalue weighted by atomic mass is 19.4. The van der Waals surface area contributed by atoms with E-state index >= 15 is 0 Å². The molecule has 2 aromatic rings. The number of alkyl halides is 3. The first-order valence-corrected chi connectivity index (χ1v) is 7.97. The van der Waals surface area contributed by atoms with Crippen molar-refractivity contribution in [1.82, 2.24) is 15.1 Å². The molecule has 1 amide bonds. The van der Waals surface area contributed by atoms with Gasteiger partial charge in [0.15, 0.2) is 0 Å². The highest BCUT2D eigenvalue weighted by Gasteiger charge is 2.31. The van der Waals surface area contributed by atoms with Gasteiger partial charge in [-0.1, -0.05) is 12.1 Å². The smallest absolute Gasteiger partial charge is 0.347 e. The molecule has 1 heterocycles. The topological polar surface area (TPSA) is 46.9 Å². The Labute approximate surface area is 141 Å². The quantitative estimate of drug-likeness (QED) is 0.856. The van der Waals surface area contributed by atoms with Gasteiger partial charge in [0.2, 0.25) is 5.91 Å². The molecule has 1 N–H and O–H groups in total. The number of nitrogens with zero attached hydrogens (tertiary/aromatic N) is 2. The molecule has 134 valence electrons. The lowest BCUT2D eigenvalue weighted by atomic mass is 9.93. The molecule has 0 radical (unpaired) electrons. The summed E-state index contributed by atoms with van der Waals surface area (Å²) in [6.45, 7) is -1.15. The number of carbonyl (C=O) groups excluding carboxylic acids is 1. The molecule has 1 atom stereocenters. The number of rotatable bonds is 4. The lowest BCUT2D eigenvalue weighted by Gasteiger charge is -2.22. The predicted octanol–water partition coefficient (Wildman–Crippen LogP) is 3.32. The summed E-state index contributed by atoms with van der Waals surface area (Å²) >= 11 is 0. The predicted molar refractivity (Wildman–Crippen MR) is 82.2 cm³/mol. The van der Waals surface area contributed by atoms with Crippen LogP contribution in [0.3, 0.4) is 0 Å². The van der Waals surface area contributed by atoms with Gasteiger partial charge >= 0.3 is 6.18 Å². The number of carbonyl (C=O) groups is 1. The molecule has 0 aliphatic heterocycles. The molecule has 25 heavy (non-hydrogen) atoms. The van der Waals surface area contributed by atoms with Gasteiger partial charge in [-0.15, -0.1) is 0 Å². The summed E-state index contributed by atoms with van der Waals surface area (Å²) in [6, 6.07) is 5.33. The number of hydrogen-bond acceptors (Lipinski definition) is 2. The molecule has 1 aliphatic carbocycles. The molecule has 0 bridgehead atoms. The summed E-state index contributed by atoms with van der Waals surface area (Å²) in [6.07, 6.45) is -0.921. The van der Waals surface area contributed by atoms with Gasteiger partial charge in [-0.3, -0.25) is 9.48 Å². The van der Waals surface area contributed by atoms with Crippen molar-refractivity contribution >= 4 is 5.91 Å². The first-order chi connectivity index (χ1) is 11.8. The van der Waals surface area contributed by atoms with Crippen LogP contribution in [0.15, 0.2) is 30.5 Å². The van der Waals surface area contributed by atoms with Crippen molar-refractivity contribution in [3.05, 3.63) is 53.1 Å². The van der Waals surface area contributed by atoms with Crippen LogP contribution in [-0.2, 0) is 24.2 Å². The van der Waals surface area contributed by atoms with E-state index in [4.69, 9.17) is 0 Å². The number of hydrogen-bond donors (Lipinski definition) is 1. The molecule has 4 nitrogen and oxygen atoms in total. The number of halogens is 4.